The van der Waals surface area contributed by atoms with Gasteiger partial charge in [-0.1, -0.05) is 29.0 Å². The summed E-state index contributed by atoms with van der Waals surface area (Å²) in [6.45, 7) is 3.97. The number of halogens is 1. The number of anilines is 1. The molecule has 0 saturated carbocycles. The molecule has 9 nitrogen and oxygen atoms in total. The number of benzene rings is 2. The minimum atomic E-state index is -0.379. The van der Waals surface area contributed by atoms with Crippen molar-refractivity contribution in [3.63, 3.8) is 0 Å². The van der Waals surface area contributed by atoms with Gasteiger partial charge >= 0.3 is 0 Å². The van der Waals surface area contributed by atoms with Crippen molar-refractivity contribution in [3.05, 3.63) is 64.5 Å². The summed E-state index contributed by atoms with van der Waals surface area (Å²) in [4.78, 5) is 16.9. The first-order valence-corrected chi connectivity index (χ1v) is 11.4. The molecule has 2 heterocycles. The van der Waals surface area contributed by atoms with Gasteiger partial charge in [0.05, 0.1) is 12.8 Å². The smallest absolute Gasteiger partial charge is 0.257 e. The minimum absolute atomic E-state index is 0.238. The van der Waals surface area contributed by atoms with Crippen molar-refractivity contribution >= 4 is 34.0 Å². The number of ether oxygens (including phenoxy) is 3. The van der Waals surface area contributed by atoms with E-state index in [2.05, 4.69) is 20.5 Å². The van der Waals surface area contributed by atoms with Gasteiger partial charge in [0.1, 0.15) is 27.7 Å². The summed E-state index contributed by atoms with van der Waals surface area (Å²) < 4.78 is 23.1. The van der Waals surface area contributed by atoms with Crippen LogP contribution in [0.5, 0.6) is 17.2 Å². The topological polar surface area (TPSA) is 109 Å². The summed E-state index contributed by atoms with van der Waals surface area (Å²) in [5, 5.41) is 11.0. The number of amides is 1. The summed E-state index contributed by atoms with van der Waals surface area (Å²) in [5.41, 5.74) is 1.03. The molecule has 34 heavy (non-hydrogen) atoms. The highest BCUT2D eigenvalue weighted by Crippen LogP contribution is 2.31. The van der Waals surface area contributed by atoms with E-state index in [-0.39, 0.29) is 12.0 Å². The molecule has 0 saturated heterocycles. The molecule has 4 aromatic rings. The van der Waals surface area contributed by atoms with Crippen LogP contribution in [-0.4, -0.2) is 40.9 Å². The van der Waals surface area contributed by atoms with Crippen molar-refractivity contribution < 1.29 is 23.4 Å². The molecule has 4 rings (SSSR count). The molecule has 1 atom stereocenters. The summed E-state index contributed by atoms with van der Waals surface area (Å²) in [5.74, 6) is 1.85. The van der Waals surface area contributed by atoms with Gasteiger partial charge < -0.3 is 18.6 Å². The van der Waals surface area contributed by atoms with Crippen LogP contribution in [0.2, 0.25) is 4.34 Å². The number of aryl methyl sites for hydroxylation is 1. The summed E-state index contributed by atoms with van der Waals surface area (Å²) in [6, 6.07) is 12.1. The lowest BCUT2D eigenvalue weighted by Crippen LogP contribution is -2.18. The number of aromatic nitrogens is 3. The SMILES string of the molecule is COC[C@@H](C)Oc1cc(Oc2cccc(-c3nnc(C)o3)c2)cc(C(=O)Nc2ncc(Cl)s2)c1. The van der Waals surface area contributed by atoms with E-state index < -0.39 is 0 Å². The van der Waals surface area contributed by atoms with Crippen LogP contribution in [0.1, 0.15) is 23.2 Å². The number of rotatable bonds is 9. The van der Waals surface area contributed by atoms with Gasteiger partial charge in [-0.25, -0.2) is 4.98 Å². The number of carbonyl (C=O) groups is 1. The van der Waals surface area contributed by atoms with Crippen LogP contribution in [0.3, 0.4) is 0 Å². The largest absolute Gasteiger partial charge is 0.488 e. The van der Waals surface area contributed by atoms with Crippen LogP contribution < -0.4 is 14.8 Å². The summed E-state index contributed by atoms with van der Waals surface area (Å²) >= 11 is 7.08. The molecule has 0 fully saturated rings. The second-order valence-corrected chi connectivity index (χ2v) is 8.92. The molecular weight excluding hydrogens is 480 g/mol. The monoisotopic (exact) mass is 500 g/mol. The molecular formula is C23H21ClN4O5S. The van der Waals surface area contributed by atoms with E-state index in [1.54, 1.807) is 44.4 Å². The van der Waals surface area contributed by atoms with Crippen molar-refractivity contribution in [1.29, 1.82) is 0 Å². The Labute approximate surface area is 204 Å². The summed E-state index contributed by atoms with van der Waals surface area (Å²) in [6.07, 6.45) is 1.23. The third-order valence-corrected chi connectivity index (χ3v) is 5.45. The van der Waals surface area contributed by atoms with Crippen LogP contribution in [0.15, 0.2) is 53.1 Å². The second kappa shape index (κ2) is 10.6. The zero-order chi connectivity index (χ0) is 24.1. The van der Waals surface area contributed by atoms with Gasteiger partial charge in [-0.15, -0.1) is 10.2 Å². The van der Waals surface area contributed by atoms with Crippen molar-refractivity contribution in [3.8, 4) is 28.7 Å². The Morgan fingerprint density at radius 1 is 1.18 bits per heavy atom. The molecule has 0 aliphatic rings. The zero-order valence-electron chi connectivity index (χ0n) is 18.6. The van der Waals surface area contributed by atoms with E-state index in [0.29, 0.717) is 56.2 Å². The number of thiazole rings is 1. The Bertz CT molecular complexity index is 1290. The Morgan fingerprint density at radius 2 is 2.00 bits per heavy atom. The van der Waals surface area contributed by atoms with Gasteiger partial charge in [-0.05, 0) is 37.3 Å². The van der Waals surface area contributed by atoms with E-state index in [4.69, 9.17) is 30.2 Å². The Morgan fingerprint density at radius 3 is 2.71 bits per heavy atom. The maximum atomic E-state index is 12.9. The maximum absolute atomic E-state index is 12.9. The van der Waals surface area contributed by atoms with Crippen molar-refractivity contribution in [2.75, 3.05) is 19.0 Å². The molecule has 1 amide bonds. The molecule has 2 aromatic carbocycles. The highest BCUT2D eigenvalue weighted by molar-refractivity contribution is 7.19. The molecule has 2 aromatic heterocycles. The Balaban J connectivity index is 1.61. The second-order valence-electron chi connectivity index (χ2n) is 7.26. The van der Waals surface area contributed by atoms with Crippen LogP contribution >= 0.6 is 22.9 Å². The average Bonchev–Trinajstić information content (AvgIpc) is 3.41. The van der Waals surface area contributed by atoms with E-state index >= 15 is 0 Å². The molecule has 11 heteroatoms. The standard InChI is InChI=1S/C23H21ClN4O5S/c1-13(12-30-3)31-18-8-16(21(29)26-23-25-11-20(24)34-23)9-19(10-18)33-17-6-4-5-15(7-17)22-28-27-14(2)32-22/h4-11,13H,12H2,1-3H3,(H,25,26,29)/t13-/m1/s1. The molecule has 0 bridgehead atoms. The van der Waals surface area contributed by atoms with Gasteiger partial charge in [0, 0.05) is 31.2 Å². The Kier molecular flexibility index (Phi) is 7.41. The number of methoxy groups -OCH3 is 1. The molecule has 0 unspecified atom stereocenters. The van der Waals surface area contributed by atoms with E-state index in [9.17, 15) is 4.79 Å². The molecule has 0 aliphatic heterocycles. The highest BCUT2D eigenvalue weighted by atomic mass is 35.5. The fourth-order valence-corrected chi connectivity index (χ4v) is 3.86. The minimum Gasteiger partial charge on any atom is -0.488 e. The highest BCUT2D eigenvalue weighted by Gasteiger charge is 2.15. The van der Waals surface area contributed by atoms with Gasteiger partial charge in [0.2, 0.25) is 11.8 Å². The number of carbonyl (C=O) groups excluding carboxylic acids is 1. The van der Waals surface area contributed by atoms with E-state index in [1.165, 1.54) is 6.20 Å². The third-order valence-electron chi connectivity index (χ3n) is 4.42. The lowest BCUT2D eigenvalue weighted by Gasteiger charge is -2.16. The Hall–Kier alpha value is -3.47. The van der Waals surface area contributed by atoms with Crippen LogP contribution in [-0.2, 0) is 4.74 Å². The lowest BCUT2D eigenvalue weighted by molar-refractivity contribution is 0.0916. The van der Waals surface area contributed by atoms with Crippen LogP contribution in [0.4, 0.5) is 5.13 Å². The third kappa shape index (κ3) is 6.10. The molecule has 1 N–H and O–H groups in total. The lowest BCUT2D eigenvalue weighted by atomic mass is 10.1. The van der Waals surface area contributed by atoms with E-state index in [0.717, 1.165) is 11.3 Å². The van der Waals surface area contributed by atoms with Gasteiger partial charge in [-0.3, -0.25) is 10.1 Å². The predicted molar refractivity (Wildman–Crippen MR) is 128 cm³/mol. The summed E-state index contributed by atoms with van der Waals surface area (Å²) in [7, 11) is 1.59. The van der Waals surface area contributed by atoms with Gasteiger partial charge in [-0.2, -0.15) is 0 Å². The predicted octanol–water partition coefficient (Wildman–Crippen LogP) is 5.61. The van der Waals surface area contributed by atoms with Gasteiger partial charge in [0.15, 0.2) is 5.13 Å². The van der Waals surface area contributed by atoms with Crippen LogP contribution in [0.25, 0.3) is 11.5 Å². The quantitative estimate of drug-likeness (QED) is 0.315. The number of hydrogen-bond donors (Lipinski definition) is 1. The normalized spacial score (nSPS) is 11.8. The maximum Gasteiger partial charge on any atom is 0.257 e. The molecule has 0 spiro atoms. The van der Waals surface area contributed by atoms with Crippen molar-refractivity contribution in [1.82, 2.24) is 15.2 Å². The van der Waals surface area contributed by atoms with Crippen molar-refractivity contribution in [2.24, 2.45) is 0 Å². The number of nitrogens with one attached hydrogen (secondary N) is 1. The first-order valence-electron chi connectivity index (χ1n) is 10.2. The molecule has 0 aliphatic carbocycles. The first-order chi connectivity index (χ1) is 16.4. The van der Waals surface area contributed by atoms with Crippen molar-refractivity contribution in [2.45, 2.75) is 20.0 Å². The van der Waals surface area contributed by atoms with Crippen LogP contribution in [0, 0.1) is 6.92 Å². The molecule has 176 valence electrons. The molecule has 0 radical (unpaired) electrons. The average molecular weight is 501 g/mol. The van der Waals surface area contributed by atoms with E-state index in [1.807, 2.05) is 19.1 Å². The van der Waals surface area contributed by atoms with Gasteiger partial charge in [0.25, 0.3) is 5.91 Å². The zero-order valence-corrected chi connectivity index (χ0v) is 20.1. The fraction of sp³-hybridized carbons (Fsp3) is 0.217. The fourth-order valence-electron chi connectivity index (χ4n) is 3.05. The number of hydrogen-bond acceptors (Lipinski definition) is 9. The first kappa shape index (κ1) is 23.7. The number of nitrogens with zero attached hydrogens (tertiary/aromatic N) is 3.